The van der Waals surface area contributed by atoms with E-state index in [1.54, 1.807) is 0 Å². The zero-order chi connectivity index (χ0) is 13.0. The molecule has 1 atom stereocenters. The summed E-state index contributed by atoms with van der Waals surface area (Å²) in [5.41, 5.74) is 7.10. The second-order valence-electron chi connectivity index (χ2n) is 4.91. The largest absolute Gasteiger partial charge is 0.340 e. The first-order valence-corrected chi connectivity index (χ1v) is 6.43. The highest BCUT2D eigenvalue weighted by atomic mass is 35.5. The van der Waals surface area contributed by atoms with E-state index in [2.05, 4.69) is 11.9 Å². The Bertz CT molecular complexity index is 391. The first-order chi connectivity index (χ1) is 8.66. The Hall–Kier alpha value is -1.10. The van der Waals surface area contributed by atoms with Crippen molar-refractivity contribution in [2.75, 3.05) is 33.2 Å². The van der Waals surface area contributed by atoms with E-state index in [-0.39, 0.29) is 24.4 Å². The van der Waals surface area contributed by atoms with Crippen LogP contribution in [-0.4, -0.2) is 48.9 Å². The molecule has 19 heavy (non-hydrogen) atoms. The van der Waals surface area contributed by atoms with Crippen molar-refractivity contribution in [3.05, 3.63) is 35.9 Å². The molecule has 1 aromatic rings. The van der Waals surface area contributed by atoms with Crippen molar-refractivity contribution >= 4 is 18.3 Å². The zero-order valence-corrected chi connectivity index (χ0v) is 12.1. The molecule has 0 radical (unpaired) electrons. The number of hydrogen-bond acceptors (Lipinski definition) is 3. The van der Waals surface area contributed by atoms with Crippen LogP contribution in [0.1, 0.15) is 18.0 Å². The monoisotopic (exact) mass is 283 g/mol. The number of likely N-dealkylation sites (N-methyl/N-ethyl adjacent to an activating group) is 1. The number of piperazine rings is 1. The van der Waals surface area contributed by atoms with E-state index in [0.29, 0.717) is 6.42 Å². The minimum atomic E-state index is -0.196. The normalized spacial score (nSPS) is 17.7. The third kappa shape index (κ3) is 4.49. The van der Waals surface area contributed by atoms with E-state index in [1.165, 1.54) is 0 Å². The average Bonchev–Trinajstić information content (AvgIpc) is 2.40. The van der Waals surface area contributed by atoms with Crippen LogP contribution in [0.25, 0.3) is 0 Å². The molecule has 1 fully saturated rings. The number of nitrogens with zero attached hydrogens (tertiary/aromatic N) is 2. The van der Waals surface area contributed by atoms with Gasteiger partial charge >= 0.3 is 0 Å². The number of hydrogen-bond donors (Lipinski definition) is 1. The molecule has 2 N–H and O–H groups in total. The zero-order valence-electron chi connectivity index (χ0n) is 11.3. The molecule has 0 bridgehead atoms. The Labute approximate surface area is 121 Å². The first kappa shape index (κ1) is 16.0. The lowest BCUT2D eigenvalue weighted by molar-refractivity contribution is -0.133. The molecule has 1 aromatic carbocycles. The van der Waals surface area contributed by atoms with Crippen molar-refractivity contribution in [1.82, 2.24) is 9.80 Å². The molecule has 106 valence electrons. The Balaban J connectivity index is 0.00000180. The van der Waals surface area contributed by atoms with Gasteiger partial charge in [-0.3, -0.25) is 4.79 Å². The summed E-state index contributed by atoms with van der Waals surface area (Å²) < 4.78 is 0. The Morgan fingerprint density at radius 3 is 2.37 bits per heavy atom. The van der Waals surface area contributed by atoms with E-state index in [4.69, 9.17) is 5.73 Å². The minimum absolute atomic E-state index is 0. The van der Waals surface area contributed by atoms with Gasteiger partial charge in [0.2, 0.25) is 5.91 Å². The Morgan fingerprint density at radius 2 is 1.79 bits per heavy atom. The molecule has 1 saturated heterocycles. The van der Waals surface area contributed by atoms with Crippen LogP contribution in [0, 0.1) is 0 Å². The lowest BCUT2D eigenvalue weighted by atomic mass is 10.0. The summed E-state index contributed by atoms with van der Waals surface area (Å²) in [5.74, 6) is 0.166. The predicted molar refractivity (Wildman–Crippen MR) is 79.3 cm³/mol. The van der Waals surface area contributed by atoms with Crippen LogP contribution in [-0.2, 0) is 4.79 Å². The van der Waals surface area contributed by atoms with E-state index in [9.17, 15) is 4.79 Å². The van der Waals surface area contributed by atoms with Crippen molar-refractivity contribution in [1.29, 1.82) is 0 Å². The third-order valence-electron chi connectivity index (χ3n) is 3.48. The highest BCUT2D eigenvalue weighted by Crippen LogP contribution is 2.15. The summed E-state index contributed by atoms with van der Waals surface area (Å²) in [7, 11) is 2.08. The number of benzene rings is 1. The van der Waals surface area contributed by atoms with Crippen LogP contribution < -0.4 is 5.73 Å². The maximum Gasteiger partial charge on any atom is 0.224 e. The number of carbonyl (C=O) groups is 1. The fourth-order valence-corrected chi connectivity index (χ4v) is 2.19. The molecule has 1 unspecified atom stereocenters. The first-order valence-electron chi connectivity index (χ1n) is 6.43. The fraction of sp³-hybridized carbons (Fsp3) is 0.500. The molecular weight excluding hydrogens is 262 g/mol. The van der Waals surface area contributed by atoms with E-state index in [1.807, 2.05) is 35.2 Å². The van der Waals surface area contributed by atoms with Gasteiger partial charge in [-0.05, 0) is 12.6 Å². The number of rotatable bonds is 3. The van der Waals surface area contributed by atoms with Gasteiger partial charge in [0, 0.05) is 38.6 Å². The summed E-state index contributed by atoms with van der Waals surface area (Å²) in [5, 5.41) is 0. The molecule has 1 heterocycles. The van der Waals surface area contributed by atoms with Gasteiger partial charge in [-0.2, -0.15) is 0 Å². The molecule has 0 saturated carbocycles. The lowest BCUT2D eigenvalue weighted by Crippen LogP contribution is -2.47. The van der Waals surface area contributed by atoms with Crippen LogP contribution in [0.2, 0.25) is 0 Å². The quantitative estimate of drug-likeness (QED) is 0.909. The van der Waals surface area contributed by atoms with Gasteiger partial charge < -0.3 is 15.5 Å². The standard InChI is InChI=1S/C14H21N3O.ClH/c1-16-7-9-17(10-8-16)14(18)11-13(15)12-5-3-2-4-6-12;/h2-6,13H,7-11,15H2,1H3;1H. The van der Waals surface area contributed by atoms with Crippen molar-refractivity contribution in [3.63, 3.8) is 0 Å². The fourth-order valence-electron chi connectivity index (χ4n) is 2.19. The third-order valence-corrected chi connectivity index (χ3v) is 3.48. The molecule has 1 aliphatic rings. The van der Waals surface area contributed by atoms with Crippen LogP contribution >= 0.6 is 12.4 Å². The molecule has 5 heteroatoms. The van der Waals surface area contributed by atoms with Crippen molar-refractivity contribution in [2.45, 2.75) is 12.5 Å². The molecule has 0 aromatic heterocycles. The number of amides is 1. The molecule has 0 aliphatic carbocycles. The summed E-state index contributed by atoms with van der Waals surface area (Å²) in [4.78, 5) is 16.3. The van der Waals surface area contributed by atoms with Crippen molar-refractivity contribution < 1.29 is 4.79 Å². The number of halogens is 1. The van der Waals surface area contributed by atoms with Crippen LogP contribution in [0.5, 0.6) is 0 Å². The van der Waals surface area contributed by atoms with Gasteiger partial charge in [0.15, 0.2) is 0 Å². The van der Waals surface area contributed by atoms with Gasteiger partial charge in [0.25, 0.3) is 0 Å². The van der Waals surface area contributed by atoms with Gasteiger partial charge in [-0.15, -0.1) is 12.4 Å². The minimum Gasteiger partial charge on any atom is -0.340 e. The Kier molecular flexibility index (Phi) is 6.28. The van der Waals surface area contributed by atoms with Gasteiger partial charge in [0.1, 0.15) is 0 Å². The molecule has 4 nitrogen and oxygen atoms in total. The van der Waals surface area contributed by atoms with Crippen LogP contribution in [0.15, 0.2) is 30.3 Å². The predicted octanol–water partition coefficient (Wildman–Crippen LogP) is 1.27. The molecule has 1 aliphatic heterocycles. The highest BCUT2D eigenvalue weighted by Gasteiger charge is 2.21. The maximum atomic E-state index is 12.1. The van der Waals surface area contributed by atoms with Gasteiger partial charge in [0.05, 0.1) is 0 Å². The Morgan fingerprint density at radius 1 is 1.21 bits per heavy atom. The summed E-state index contributed by atoms with van der Waals surface area (Å²) >= 11 is 0. The molecule has 2 rings (SSSR count). The smallest absolute Gasteiger partial charge is 0.224 e. The topological polar surface area (TPSA) is 49.6 Å². The second-order valence-corrected chi connectivity index (χ2v) is 4.91. The number of carbonyl (C=O) groups excluding carboxylic acids is 1. The molecule has 0 spiro atoms. The van der Waals surface area contributed by atoms with Crippen LogP contribution in [0.3, 0.4) is 0 Å². The summed E-state index contributed by atoms with van der Waals surface area (Å²) in [6.45, 7) is 3.53. The second kappa shape index (κ2) is 7.48. The molecule has 1 amide bonds. The van der Waals surface area contributed by atoms with E-state index >= 15 is 0 Å². The average molecular weight is 284 g/mol. The van der Waals surface area contributed by atoms with Crippen molar-refractivity contribution in [2.24, 2.45) is 5.73 Å². The summed E-state index contributed by atoms with van der Waals surface area (Å²) in [6.07, 6.45) is 0.397. The van der Waals surface area contributed by atoms with Gasteiger partial charge in [-0.25, -0.2) is 0 Å². The highest BCUT2D eigenvalue weighted by molar-refractivity contribution is 5.85. The summed E-state index contributed by atoms with van der Waals surface area (Å²) in [6, 6.07) is 9.62. The van der Waals surface area contributed by atoms with Crippen LogP contribution in [0.4, 0.5) is 0 Å². The maximum absolute atomic E-state index is 12.1. The lowest BCUT2D eigenvalue weighted by Gasteiger charge is -2.33. The van der Waals surface area contributed by atoms with Crippen molar-refractivity contribution in [3.8, 4) is 0 Å². The van der Waals surface area contributed by atoms with E-state index < -0.39 is 0 Å². The SMILES string of the molecule is CN1CCN(C(=O)CC(N)c2ccccc2)CC1.Cl. The number of nitrogens with two attached hydrogens (primary N) is 1. The van der Waals surface area contributed by atoms with E-state index in [0.717, 1.165) is 31.7 Å². The molecular formula is C14H22ClN3O. The van der Waals surface area contributed by atoms with Gasteiger partial charge in [-0.1, -0.05) is 30.3 Å².